The molecule has 0 spiro atoms. The average molecular weight is 562 g/mol. The molecule has 1 aromatic rings. The lowest BCUT2D eigenvalue weighted by Gasteiger charge is -2.27. The molecule has 12 heteroatoms. The lowest BCUT2D eigenvalue weighted by molar-refractivity contribution is -0.127. The Hall–Kier alpha value is -2.05. The van der Waals surface area contributed by atoms with Crippen LogP contribution in [0.4, 0.5) is 4.79 Å². The van der Waals surface area contributed by atoms with Gasteiger partial charge in [0.05, 0.1) is 6.04 Å². The zero-order valence-corrected chi connectivity index (χ0v) is 23.3. The predicted octanol–water partition coefficient (Wildman–Crippen LogP) is 2.51. The van der Waals surface area contributed by atoms with E-state index in [9.17, 15) is 24.3 Å². The number of amides is 3. The van der Waals surface area contributed by atoms with Crippen LogP contribution in [0.2, 0.25) is 0 Å². The Morgan fingerprint density at radius 3 is 2.42 bits per heavy atom. The molecule has 0 aromatic heterocycles. The highest BCUT2D eigenvalue weighted by Crippen LogP contribution is 2.27. The number of phenolic OH excluding ortho intramolecular Hbond substituents is 1. The van der Waals surface area contributed by atoms with Crippen molar-refractivity contribution in [3.8, 4) is 5.75 Å². The number of nitrogens with one attached hydrogen (secondary N) is 3. The first-order valence-electron chi connectivity index (χ1n) is 11.7. The fourth-order valence-corrected chi connectivity index (χ4v) is 4.58. The van der Waals surface area contributed by atoms with Crippen molar-refractivity contribution >= 4 is 64.7 Å². The first kappa shape index (κ1) is 34.0. The zero-order valence-electron chi connectivity index (χ0n) is 20.3. The number of phenols is 1. The molecule has 1 saturated carbocycles. The topological polar surface area (TPSA) is 134 Å². The normalized spacial score (nSPS) is 18.7. The standard InChI is InChI=1S/C24H33N3O6.3H2S/c28-14-19(13-18-9-10-25-22(18)30)26-23(31)21(12-16-5-2-1-3-6-16)27-24(32)33-15-17-7-4-8-20(29)11-17;;;/h4,7-8,11,14,16,18-19,21,29H,1-3,5-6,9-10,12-13,15H2,(H,25,30)(H,26,31)(H,27,32);3*1H2/t18-,19-,21-;;;/m0.../s1. The third kappa shape index (κ3) is 10.9. The smallest absolute Gasteiger partial charge is 0.408 e. The summed E-state index contributed by atoms with van der Waals surface area (Å²) < 4.78 is 5.24. The van der Waals surface area contributed by atoms with Crippen LogP contribution in [0.15, 0.2) is 24.3 Å². The van der Waals surface area contributed by atoms with Gasteiger partial charge < -0.3 is 30.6 Å². The van der Waals surface area contributed by atoms with E-state index >= 15 is 0 Å². The first-order valence-corrected chi connectivity index (χ1v) is 11.7. The number of benzene rings is 1. The van der Waals surface area contributed by atoms with Crippen molar-refractivity contribution < 1.29 is 29.0 Å². The molecule has 3 rings (SSSR count). The highest BCUT2D eigenvalue weighted by molar-refractivity contribution is 7.59. The first-order chi connectivity index (χ1) is 15.9. The van der Waals surface area contributed by atoms with Gasteiger partial charge >= 0.3 is 6.09 Å². The molecule has 1 saturated heterocycles. The van der Waals surface area contributed by atoms with E-state index in [0.717, 1.165) is 25.7 Å². The van der Waals surface area contributed by atoms with Crippen LogP contribution in [0.1, 0.15) is 56.9 Å². The Bertz CT molecular complexity index is 854. The summed E-state index contributed by atoms with van der Waals surface area (Å²) in [5.41, 5.74) is 0.620. The molecule has 9 nitrogen and oxygen atoms in total. The van der Waals surface area contributed by atoms with E-state index in [1.165, 1.54) is 18.6 Å². The summed E-state index contributed by atoms with van der Waals surface area (Å²) in [5, 5.41) is 17.6. The number of ether oxygens (including phenoxy) is 1. The van der Waals surface area contributed by atoms with Crippen LogP contribution in [0.5, 0.6) is 5.75 Å². The molecular weight excluding hydrogens is 522 g/mol. The van der Waals surface area contributed by atoms with Gasteiger partial charge in [-0.3, -0.25) is 9.59 Å². The van der Waals surface area contributed by atoms with Gasteiger partial charge in [-0.15, -0.1) is 0 Å². The van der Waals surface area contributed by atoms with Crippen molar-refractivity contribution in [3.63, 3.8) is 0 Å². The van der Waals surface area contributed by atoms with Gasteiger partial charge in [-0.25, -0.2) is 4.79 Å². The summed E-state index contributed by atoms with van der Waals surface area (Å²) in [6, 6.07) is 4.73. The van der Waals surface area contributed by atoms with E-state index in [1.807, 2.05) is 0 Å². The van der Waals surface area contributed by atoms with Crippen LogP contribution in [-0.4, -0.2) is 47.9 Å². The number of hydrogen-bond donors (Lipinski definition) is 4. The average Bonchev–Trinajstić information content (AvgIpc) is 3.21. The molecule has 3 atom stereocenters. The Balaban J connectivity index is 0.00000408. The van der Waals surface area contributed by atoms with E-state index in [-0.39, 0.29) is 71.1 Å². The summed E-state index contributed by atoms with van der Waals surface area (Å²) >= 11 is 0. The third-order valence-electron chi connectivity index (χ3n) is 6.38. The second-order valence-corrected chi connectivity index (χ2v) is 8.95. The fraction of sp³-hybridized carbons (Fsp3) is 0.583. The summed E-state index contributed by atoms with van der Waals surface area (Å²) in [6.07, 6.45) is 6.55. The van der Waals surface area contributed by atoms with E-state index in [1.54, 1.807) is 12.1 Å². The van der Waals surface area contributed by atoms with Crippen LogP contribution in [0.3, 0.4) is 0 Å². The van der Waals surface area contributed by atoms with Gasteiger partial charge in [-0.2, -0.15) is 40.5 Å². The Morgan fingerprint density at radius 1 is 1.08 bits per heavy atom. The van der Waals surface area contributed by atoms with Crippen LogP contribution in [-0.2, 0) is 25.7 Å². The largest absolute Gasteiger partial charge is 0.508 e. The van der Waals surface area contributed by atoms with Crippen molar-refractivity contribution in [3.05, 3.63) is 29.8 Å². The highest BCUT2D eigenvalue weighted by atomic mass is 32.1. The zero-order chi connectivity index (χ0) is 23.6. The number of hydrogen-bond acceptors (Lipinski definition) is 6. The molecule has 3 amide bonds. The number of carbonyl (C=O) groups is 4. The number of aldehydes is 1. The summed E-state index contributed by atoms with van der Waals surface area (Å²) in [5.74, 6) is -0.496. The van der Waals surface area contributed by atoms with Crippen molar-refractivity contribution in [2.75, 3.05) is 6.54 Å². The van der Waals surface area contributed by atoms with Crippen molar-refractivity contribution in [2.45, 2.75) is 70.1 Å². The lowest BCUT2D eigenvalue weighted by Crippen LogP contribution is -2.51. The third-order valence-corrected chi connectivity index (χ3v) is 6.38. The van der Waals surface area contributed by atoms with Crippen molar-refractivity contribution in [1.82, 2.24) is 16.0 Å². The lowest BCUT2D eigenvalue weighted by atomic mass is 9.84. The molecule has 1 aromatic carbocycles. The summed E-state index contributed by atoms with van der Waals surface area (Å²) in [7, 11) is 0. The fourth-order valence-electron chi connectivity index (χ4n) is 4.58. The minimum Gasteiger partial charge on any atom is -0.508 e. The number of carbonyl (C=O) groups excluding carboxylic acids is 4. The molecule has 0 bridgehead atoms. The van der Waals surface area contributed by atoms with Gasteiger partial charge in [-0.1, -0.05) is 44.2 Å². The maximum atomic E-state index is 13.0. The Kier molecular flexibility index (Phi) is 16.4. The predicted molar refractivity (Wildman–Crippen MR) is 151 cm³/mol. The second-order valence-electron chi connectivity index (χ2n) is 8.95. The molecule has 0 radical (unpaired) electrons. The van der Waals surface area contributed by atoms with E-state index in [0.29, 0.717) is 37.2 Å². The molecule has 1 heterocycles. The Labute approximate surface area is 233 Å². The number of aromatic hydroxyl groups is 1. The molecule has 36 heavy (non-hydrogen) atoms. The van der Waals surface area contributed by atoms with E-state index in [2.05, 4.69) is 16.0 Å². The maximum absolute atomic E-state index is 13.0. The highest BCUT2D eigenvalue weighted by Gasteiger charge is 2.31. The molecule has 1 aliphatic carbocycles. The molecule has 1 aliphatic heterocycles. The number of alkyl carbamates (subject to hydrolysis) is 1. The monoisotopic (exact) mass is 561 g/mol. The van der Waals surface area contributed by atoms with Crippen LogP contribution in [0, 0.1) is 11.8 Å². The minimum atomic E-state index is -0.843. The van der Waals surface area contributed by atoms with Gasteiger partial charge in [0.2, 0.25) is 11.8 Å². The second kappa shape index (κ2) is 17.4. The summed E-state index contributed by atoms with van der Waals surface area (Å²) in [6.45, 7) is 0.520. The maximum Gasteiger partial charge on any atom is 0.408 e. The molecule has 204 valence electrons. The molecule has 4 N–H and O–H groups in total. The van der Waals surface area contributed by atoms with Crippen molar-refractivity contribution in [2.24, 2.45) is 11.8 Å². The van der Waals surface area contributed by atoms with Gasteiger partial charge in [0, 0.05) is 12.5 Å². The molecular formula is C24H39N3O6S3. The van der Waals surface area contributed by atoms with E-state index in [4.69, 9.17) is 4.74 Å². The molecule has 2 aliphatic rings. The minimum absolute atomic E-state index is 0. The van der Waals surface area contributed by atoms with Crippen LogP contribution >= 0.6 is 40.5 Å². The SMILES string of the molecule is O=C[C@H](C[C@@H]1CCNC1=O)NC(=O)[C@H](CC1CCCCC1)NC(=O)OCc1cccc(O)c1.S.S.S. The Morgan fingerprint density at radius 2 is 1.81 bits per heavy atom. The molecule has 0 unspecified atom stereocenters. The molecule has 2 fully saturated rings. The van der Waals surface area contributed by atoms with E-state index < -0.39 is 24.1 Å². The van der Waals surface area contributed by atoms with Crippen LogP contribution < -0.4 is 16.0 Å². The van der Waals surface area contributed by atoms with Crippen LogP contribution in [0.25, 0.3) is 0 Å². The number of rotatable bonds is 10. The van der Waals surface area contributed by atoms with Crippen molar-refractivity contribution in [1.29, 1.82) is 0 Å². The summed E-state index contributed by atoms with van der Waals surface area (Å²) in [4.78, 5) is 48.9. The quantitative estimate of drug-likeness (QED) is 0.325. The van der Waals surface area contributed by atoms with Gasteiger partial charge in [0.15, 0.2) is 0 Å². The van der Waals surface area contributed by atoms with Gasteiger partial charge in [0.25, 0.3) is 0 Å². The van der Waals surface area contributed by atoms with Gasteiger partial charge in [0.1, 0.15) is 24.7 Å². The van der Waals surface area contributed by atoms with Gasteiger partial charge in [-0.05, 0) is 42.9 Å².